The molecule has 2 N–H and O–H groups in total. The van der Waals surface area contributed by atoms with Gasteiger partial charge in [-0.15, -0.1) is 0 Å². The van der Waals surface area contributed by atoms with Gasteiger partial charge in [0.15, 0.2) is 26.4 Å². The molecule has 0 unspecified atom stereocenters. The molecule has 10 nitrogen and oxygen atoms in total. The van der Waals surface area contributed by atoms with Gasteiger partial charge in [-0.2, -0.15) is 0 Å². The number of hydrogen-bond acceptors (Lipinski definition) is 8. The van der Waals surface area contributed by atoms with Gasteiger partial charge in [-0.25, -0.2) is 9.59 Å². The first-order valence-corrected chi connectivity index (χ1v) is 12.8. The van der Waals surface area contributed by atoms with Gasteiger partial charge in [0, 0.05) is 13.1 Å². The van der Waals surface area contributed by atoms with Crippen LogP contribution in [0.25, 0.3) is 0 Å². The van der Waals surface area contributed by atoms with E-state index in [-0.39, 0.29) is 26.3 Å². The van der Waals surface area contributed by atoms with Gasteiger partial charge in [0.25, 0.3) is 11.8 Å². The summed E-state index contributed by atoms with van der Waals surface area (Å²) in [5, 5.41) is 5.03. The zero-order valence-electron chi connectivity index (χ0n) is 21.2. The van der Waals surface area contributed by atoms with Crippen LogP contribution in [-0.4, -0.2) is 63.3 Å². The number of aryl methyl sites for hydroxylation is 4. The molecule has 0 radical (unpaired) electrons. The molecule has 0 heterocycles. The maximum Gasteiger partial charge on any atom is 0.344 e. The van der Waals surface area contributed by atoms with Crippen LogP contribution in [0, 0.1) is 0 Å². The normalized spacial score (nSPS) is 13.2. The van der Waals surface area contributed by atoms with Gasteiger partial charge in [0.1, 0.15) is 11.5 Å². The average molecular weight is 525 g/mol. The molecule has 2 amide bonds. The molecule has 0 aromatic heterocycles. The van der Waals surface area contributed by atoms with Crippen LogP contribution in [0.15, 0.2) is 36.4 Å². The Morgan fingerprint density at radius 3 is 1.45 bits per heavy atom. The lowest BCUT2D eigenvalue weighted by Gasteiger charge is -2.10. The molecule has 2 aliphatic carbocycles. The zero-order valence-corrected chi connectivity index (χ0v) is 21.2. The second-order valence-corrected chi connectivity index (χ2v) is 9.17. The van der Waals surface area contributed by atoms with Gasteiger partial charge < -0.3 is 29.6 Å². The van der Waals surface area contributed by atoms with Crippen molar-refractivity contribution in [1.29, 1.82) is 0 Å². The molecular weight excluding hydrogens is 492 g/mol. The zero-order chi connectivity index (χ0) is 26.7. The van der Waals surface area contributed by atoms with Crippen molar-refractivity contribution < 1.29 is 38.1 Å². The number of fused-ring (bicyclic) bond motifs is 2. The van der Waals surface area contributed by atoms with Crippen molar-refractivity contribution in [2.24, 2.45) is 0 Å². The second-order valence-electron chi connectivity index (χ2n) is 9.17. The topological polar surface area (TPSA) is 129 Å². The number of nitrogens with one attached hydrogen (secondary N) is 2. The first-order chi connectivity index (χ1) is 18.5. The molecule has 2 aromatic rings. The molecule has 38 heavy (non-hydrogen) atoms. The van der Waals surface area contributed by atoms with Crippen molar-refractivity contribution in [2.75, 3.05) is 39.5 Å². The van der Waals surface area contributed by atoms with Gasteiger partial charge in [0.2, 0.25) is 0 Å². The van der Waals surface area contributed by atoms with Crippen LogP contribution in [-0.2, 0) is 54.3 Å². The Morgan fingerprint density at radius 1 is 0.579 bits per heavy atom. The third kappa shape index (κ3) is 8.22. The minimum atomic E-state index is -0.657. The van der Waals surface area contributed by atoms with Crippen molar-refractivity contribution in [3.8, 4) is 11.5 Å². The number of ether oxygens (including phenoxy) is 4. The molecule has 2 aliphatic rings. The lowest BCUT2D eigenvalue weighted by Crippen LogP contribution is -2.38. The molecule has 0 atom stereocenters. The number of amides is 2. The van der Waals surface area contributed by atoms with Gasteiger partial charge in [-0.3, -0.25) is 9.59 Å². The van der Waals surface area contributed by atoms with Crippen molar-refractivity contribution in [3.05, 3.63) is 58.7 Å². The highest BCUT2D eigenvalue weighted by molar-refractivity contribution is 5.82. The molecule has 0 bridgehead atoms. The number of carbonyl (C=O) groups is 4. The third-order valence-electron chi connectivity index (χ3n) is 6.35. The maximum absolute atomic E-state index is 11.8. The first kappa shape index (κ1) is 27.0. The molecule has 10 heteroatoms. The van der Waals surface area contributed by atoms with Crippen LogP contribution < -0.4 is 20.1 Å². The van der Waals surface area contributed by atoms with Crippen LogP contribution in [0.2, 0.25) is 0 Å². The van der Waals surface area contributed by atoms with E-state index in [4.69, 9.17) is 18.9 Å². The van der Waals surface area contributed by atoms with Gasteiger partial charge in [-0.1, -0.05) is 12.1 Å². The van der Waals surface area contributed by atoms with Crippen LogP contribution in [0.3, 0.4) is 0 Å². The summed E-state index contributed by atoms with van der Waals surface area (Å²) >= 11 is 0. The van der Waals surface area contributed by atoms with E-state index in [2.05, 4.69) is 10.6 Å². The summed E-state index contributed by atoms with van der Waals surface area (Å²) in [4.78, 5) is 47.3. The summed E-state index contributed by atoms with van der Waals surface area (Å²) in [7, 11) is 0. The third-order valence-corrected chi connectivity index (χ3v) is 6.35. The van der Waals surface area contributed by atoms with E-state index in [1.165, 1.54) is 22.3 Å². The van der Waals surface area contributed by atoms with Crippen molar-refractivity contribution >= 4 is 23.8 Å². The summed E-state index contributed by atoms with van der Waals surface area (Å²) in [6.07, 6.45) is 6.39. The van der Waals surface area contributed by atoms with Crippen LogP contribution >= 0.6 is 0 Å². The van der Waals surface area contributed by atoms with Crippen LogP contribution in [0.5, 0.6) is 11.5 Å². The van der Waals surface area contributed by atoms with Gasteiger partial charge in [-0.05, 0) is 85.0 Å². The summed E-state index contributed by atoms with van der Waals surface area (Å²) in [5.41, 5.74) is 5.09. The van der Waals surface area contributed by atoms with Gasteiger partial charge in [0.05, 0.1) is 0 Å². The lowest BCUT2D eigenvalue weighted by molar-refractivity contribution is -0.150. The van der Waals surface area contributed by atoms with Crippen LogP contribution in [0.1, 0.15) is 35.1 Å². The smallest absolute Gasteiger partial charge is 0.344 e. The van der Waals surface area contributed by atoms with E-state index >= 15 is 0 Å². The maximum atomic E-state index is 11.8. The fourth-order valence-corrected chi connectivity index (χ4v) is 4.44. The number of carbonyl (C=O) groups excluding carboxylic acids is 4. The Labute approximate surface area is 221 Å². The van der Waals surface area contributed by atoms with Gasteiger partial charge >= 0.3 is 11.9 Å². The molecule has 0 spiro atoms. The van der Waals surface area contributed by atoms with Crippen molar-refractivity contribution in [3.63, 3.8) is 0 Å². The van der Waals surface area contributed by atoms with E-state index in [0.717, 1.165) is 38.5 Å². The molecule has 0 saturated carbocycles. The van der Waals surface area contributed by atoms with E-state index in [1.54, 1.807) is 0 Å². The number of hydrogen-bond donors (Lipinski definition) is 2. The largest absolute Gasteiger partial charge is 0.482 e. The molecule has 2 aromatic carbocycles. The lowest BCUT2D eigenvalue weighted by atomic mass is 10.1. The fourth-order valence-electron chi connectivity index (χ4n) is 4.44. The molecule has 4 rings (SSSR count). The molecule has 202 valence electrons. The molecule has 0 fully saturated rings. The molecular formula is C28H32N2O8. The monoisotopic (exact) mass is 524 g/mol. The summed E-state index contributed by atoms with van der Waals surface area (Å²) in [6.45, 7) is -1.27. The highest BCUT2D eigenvalue weighted by Gasteiger charge is 2.14. The van der Waals surface area contributed by atoms with E-state index in [0.29, 0.717) is 11.5 Å². The summed E-state index contributed by atoms with van der Waals surface area (Å²) in [5.74, 6) is -1.15. The standard InChI is InChI=1S/C28H32N2O8/c31-25(15-37-27(33)17-35-23-9-7-19-3-1-5-21(19)13-23)29-11-12-30-26(32)16-38-28(34)18-36-24-10-8-20-4-2-6-22(20)14-24/h7-10,13-14H,1-6,11-12,15-18H2,(H,29,31)(H,30,32). The van der Waals surface area contributed by atoms with Crippen molar-refractivity contribution in [2.45, 2.75) is 38.5 Å². The number of benzene rings is 2. The Balaban J connectivity index is 1.00. The fraction of sp³-hybridized carbons (Fsp3) is 0.429. The minimum absolute atomic E-state index is 0.114. The molecule has 0 saturated heterocycles. The Kier molecular flexibility index (Phi) is 9.55. The quantitative estimate of drug-likeness (QED) is 0.298. The second kappa shape index (κ2) is 13.5. The summed E-state index contributed by atoms with van der Waals surface area (Å²) < 4.78 is 20.7. The SMILES string of the molecule is O=C(COC(=O)COc1ccc2c(c1)CCC2)NCCNC(=O)COC(=O)COc1ccc2c(c1)CCC2. The Morgan fingerprint density at radius 2 is 1.00 bits per heavy atom. The Hall–Kier alpha value is -4.08. The highest BCUT2D eigenvalue weighted by atomic mass is 16.6. The first-order valence-electron chi connectivity index (χ1n) is 12.8. The number of esters is 2. The van der Waals surface area contributed by atoms with Crippen LogP contribution in [0.4, 0.5) is 0 Å². The van der Waals surface area contributed by atoms with E-state index < -0.39 is 37.0 Å². The van der Waals surface area contributed by atoms with E-state index in [1.807, 2.05) is 36.4 Å². The van der Waals surface area contributed by atoms with E-state index in [9.17, 15) is 19.2 Å². The molecule has 0 aliphatic heterocycles. The highest BCUT2D eigenvalue weighted by Crippen LogP contribution is 2.27. The average Bonchev–Trinajstić information content (AvgIpc) is 3.59. The predicted molar refractivity (Wildman–Crippen MR) is 136 cm³/mol. The predicted octanol–water partition coefficient (Wildman–Crippen LogP) is 1.44. The summed E-state index contributed by atoms with van der Waals surface area (Å²) in [6, 6.07) is 11.5. The number of rotatable bonds is 13. The minimum Gasteiger partial charge on any atom is -0.482 e. The Bertz CT molecular complexity index is 1090. The van der Waals surface area contributed by atoms with Crippen molar-refractivity contribution in [1.82, 2.24) is 10.6 Å².